The molecule has 2 aromatic rings. The number of hydrogen-bond donors (Lipinski definition) is 1. The fraction of sp³-hybridized carbons (Fsp3) is 0.200. The first-order valence-corrected chi connectivity index (χ1v) is 6.23. The molecule has 0 saturated heterocycles. The Bertz CT molecular complexity index is 588. The summed E-state index contributed by atoms with van der Waals surface area (Å²) < 4.78 is 19.3. The Balaban J connectivity index is 2.42. The van der Waals surface area contributed by atoms with Crippen molar-refractivity contribution in [3.63, 3.8) is 0 Å². The molecule has 2 nitrogen and oxygen atoms in total. The molecule has 0 amide bonds. The van der Waals surface area contributed by atoms with Crippen LogP contribution in [0.25, 0.3) is 0 Å². The van der Waals surface area contributed by atoms with Gasteiger partial charge in [-0.25, -0.2) is 4.39 Å². The molecular formula is C15H14ClFO2. The Hall–Kier alpha value is -1.58. The third-order valence-electron chi connectivity index (χ3n) is 2.85. The summed E-state index contributed by atoms with van der Waals surface area (Å²) >= 11 is 6.07. The maximum atomic E-state index is 13.7. The Kier molecular flexibility index (Phi) is 4.08. The van der Waals surface area contributed by atoms with Crippen LogP contribution in [0.1, 0.15) is 16.7 Å². The lowest BCUT2D eigenvalue weighted by Crippen LogP contribution is -1.96. The van der Waals surface area contributed by atoms with Crippen LogP contribution in [-0.4, -0.2) is 5.11 Å². The predicted octanol–water partition coefficient (Wildman–Crippen LogP) is 4.38. The molecule has 2 rings (SSSR count). The zero-order valence-corrected chi connectivity index (χ0v) is 11.5. The maximum absolute atomic E-state index is 13.7. The van der Waals surface area contributed by atoms with Crippen molar-refractivity contribution in [2.24, 2.45) is 0 Å². The van der Waals surface area contributed by atoms with Gasteiger partial charge in [0.25, 0.3) is 0 Å². The van der Waals surface area contributed by atoms with E-state index in [1.165, 1.54) is 12.1 Å². The second-order valence-electron chi connectivity index (χ2n) is 4.36. The lowest BCUT2D eigenvalue weighted by Gasteiger charge is -2.12. The zero-order valence-electron chi connectivity index (χ0n) is 10.7. The number of benzene rings is 2. The average Bonchev–Trinajstić information content (AvgIpc) is 2.38. The van der Waals surface area contributed by atoms with E-state index in [1.807, 2.05) is 13.8 Å². The van der Waals surface area contributed by atoms with Crippen LogP contribution in [0.4, 0.5) is 4.39 Å². The highest BCUT2D eigenvalue weighted by Crippen LogP contribution is 2.32. The van der Waals surface area contributed by atoms with Crippen LogP contribution in [0.3, 0.4) is 0 Å². The molecule has 1 N–H and O–H groups in total. The first-order chi connectivity index (χ1) is 9.02. The normalized spacial score (nSPS) is 10.6. The highest BCUT2D eigenvalue weighted by molar-refractivity contribution is 6.32. The number of para-hydroxylation sites is 1. The highest BCUT2D eigenvalue weighted by Gasteiger charge is 2.11. The van der Waals surface area contributed by atoms with Crippen molar-refractivity contribution >= 4 is 11.6 Å². The highest BCUT2D eigenvalue weighted by atomic mass is 35.5. The van der Waals surface area contributed by atoms with E-state index in [0.29, 0.717) is 16.3 Å². The van der Waals surface area contributed by atoms with E-state index in [9.17, 15) is 9.50 Å². The lowest BCUT2D eigenvalue weighted by molar-refractivity contribution is 0.274. The summed E-state index contributed by atoms with van der Waals surface area (Å²) in [7, 11) is 0. The van der Waals surface area contributed by atoms with Crippen molar-refractivity contribution in [3.05, 3.63) is 57.9 Å². The van der Waals surface area contributed by atoms with E-state index in [-0.39, 0.29) is 12.4 Å². The van der Waals surface area contributed by atoms with Crippen LogP contribution < -0.4 is 4.74 Å². The van der Waals surface area contributed by atoms with E-state index in [2.05, 4.69) is 0 Å². The topological polar surface area (TPSA) is 29.5 Å². The fourth-order valence-corrected chi connectivity index (χ4v) is 1.98. The number of aliphatic hydroxyl groups excluding tert-OH is 1. The average molecular weight is 281 g/mol. The van der Waals surface area contributed by atoms with Crippen LogP contribution >= 0.6 is 11.6 Å². The molecule has 0 atom stereocenters. The molecule has 4 heteroatoms. The molecular weight excluding hydrogens is 267 g/mol. The summed E-state index contributed by atoms with van der Waals surface area (Å²) in [5.74, 6) is 0.0436. The Labute approximate surface area is 116 Å². The summed E-state index contributed by atoms with van der Waals surface area (Å²) in [5, 5.41) is 9.88. The van der Waals surface area contributed by atoms with Crippen LogP contribution in [0, 0.1) is 19.7 Å². The molecule has 0 bridgehead atoms. The number of aliphatic hydroxyl groups is 1. The van der Waals surface area contributed by atoms with Gasteiger partial charge in [-0.05, 0) is 43.2 Å². The molecule has 0 spiro atoms. The predicted molar refractivity (Wildman–Crippen MR) is 73.3 cm³/mol. The van der Waals surface area contributed by atoms with Gasteiger partial charge >= 0.3 is 0 Å². The Morgan fingerprint density at radius 1 is 1.21 bits per heavy atom. The van der Waals surface area contributed by atoms with Crippen molar-refractivity contribution in [1.82, 2.24) is 0 Å². The molecule has 0 aliphatic rings. The maximum Gasteiger partial charge on any atom is 0.168 e. The molecule has 0 aliphatic heterocycles. The van der Waals surface area contributed by atoms with E-state index in [0.717, 1.165) is 11.1 Å². The fourth-order valence-electron chi connectivity index (χ4n) is 1.88. The molecule has 2 aromatic carbocycles. The molecule has 19 heavy (non-hydrogen) atoms. The number of halogens is 2. The van der Waals surface area contributed by atoms with Gasteiger partial charge in [0.05, 0.1) is 6.61 Å². The molecule has 0 aliphatic carbocycles. The standard InChI is InChI=1S/C15H14ClFO2/c1-9-6-12(7-10(2)14(9)16)19-15-11(8-18)4-3-5-13(15)17/h3-7,18H,8H2,1-2H3. The van der Waals surface area contributed by atoms with Crippen molar-refractivity contribution in [1.29, 1.82) is 0 Å². The van der Waals surface area contributed by atoms with Gasteiger partial charge in [0.15, 0.2) is 11.6 Å². The summed E-state index contributed by atoms with van der Waals surface area (Å²) in [6.07, 6.45) is 0. The third-order valence-corrected chi connectivity index (χ3v) is 3.44. The summed E-state index contributed by atoms with van der Waals surface area (Å²) in [6.45, 7) is 3.44. The van der Waals surface area contributed by atoms with Crippen LogP contribution in [-0.2, 0) is 6.61 Å². The lowest BCUT2D eigenvalue weighted by atomic mass is 10.1. The summed E-state index contributed by atoms with van der Waals surface area (Å²) in [4.78, 5) is 0. The number of ether oxygens (including phenoxy) is 1. The Morgan fingerprint density at radius 2 is 1.84 bits per heavy atom. The van der Waals surface area contributed by atoms with Crippen molar-refractivity contribution < 1.29 is 14.2 Å². The van der Waals surface area contributed by atoms with Crippen molar-refractivity contribution in [2.75, 3.05) is 0 Å². The minimum absolute atomic E-state index is 0.0473. The molecule has 0 aromatic heterocycles. The zero-order chi connectivity index (χ0) is 14.0. The monoisotopic (exact) mass is 280 g/mol. The largest absolute Gasteiger partial charge is 0.454 e. The molecule has 0 radical (unpaired) electrons. The van der Waals surface area contributed by atoms with Gasteiger partial charge in [0.1, 0.15) is 5.75 Å². The first-order valence-electron chi connectivity index (χ1n) is 5.85. The van der Waals surface area contributed by atoms with Gasteiger partial charge in [-0.1, -0.05) is 23.7 Å². The van der Waals surface area contributed by atoms with Gasteiger partial charge in [-0.2, -0.15) is 0 Å². The van der Waals surface area contributed by atoms with Crippen LogP contribution in [0.2, 0.25) is 5.02 Å². The molecule has 0 heterocycles. The molecule has 0 saturated carbocycles. The Morgan fingerprint density at radius 3 is 2.42 bits per heavy atom. The minimum atomic E-state index is -0.503. The third kappa shape index (κ3) is 2.88. The van der Waals surface area contributed by atoms with Gasteiger partial charge in [-0.3, -0.25) is 0 Å². The van der Waals surface area contributed by atoms with Gasteiger partial charge in [0.2, 0.25) is 0 Å². The quantitative estimate of drug-likeness (QED) is 0.904. The van der Waals surface area contributed by atoms with Crippen molar-refractivity contribution in [3.8, 4) is 11.5 Å². The van der Waals surface area contributed by atoms with Gasteiger partial charge in [-0.15, -0.1) is 0 Å². The molecule has 0 unspecified atom stereocenters. The summed E-state index contributed by atoms with van der Waals surface area (Å²) in [6, 6.07) is 7.93. The van der Waals surface area contributed by atoms with Crippen LogP contribution in [0.15, 0.2) is 30.3 Å². The summed E-state index contributed by atoms with van der Waals surface area (Å²) in [5.41, 5.74) is 2.13. The molecule has 0 fully saturated rings. The smallest absolute Gasteiger partial charge is 0.168 e. The van der Waals surface area contributed by atoms with Gasteiger partial charge < -0.3 is 9.84 Å². The SMILES string of the molecule is Cc1cc(Oc2c(F)cccc2CO)cc(C)c1Cl. The molecule has 100 valence electrons. The number of hydrogen-bond acceptors (Lipinski definition) is 2. The van der Waals surface area contributed by atoms with E-state index >= 15 is 0 Å². The van der Waals surface area contributed by atoms with E-state index in [1.54, 1.807) is 18.2 Å². The van der Waals surface area contributed by atoms with E-state index in [4.69, 9.17) is 16.3 Å². The van der Waals surface area contributed by atoms with Gasteiger partial charge in [0, 0.05) is 10.6 Å². The number of aryl methyl sites for hydroxylation is 2. The van der Waals surface area contributed by atoms with Crippen molar-refractivity contribution in [2.45, 2.75) is 20.5 Å². The minimum Gasteiger partial charge on any atom is -0.454 e. The van der Waals surface area contributed by atoms with Crippen LogP contribution in [0.5, 0.6) is 11.5 Å². The number of rotatable bonds is 3. The second kappa shape index (κ2) is 5.59. The van der Waals surface area contributed by atoms with E-state index < -0.39 is 5.82 Å². The first kappa shape index (κ1) is 13.8. The second-order valence-corrected chi connectivity index (χ2v) is 4.74.